The number of benzene rings is 1. The molecule has 120 valence electrons. The van der Waals surface area contributed by atoms with Gasteiger partial charge in [-0.05, 0) is 17.2 Å². The number of nitrogens with zero attached hydrogens (tertiary/aromatic N) is 2. The molecule has 0 bridgehead atoms. The fraction of sp³-hybridized carbons (Fsp3) is 0.294. The molecule has 0 radical (unpaired) electrons. The summed E-state index contributed by atoms with van der Waals surface area (Å²) in [5.74, 6) is -0.411. The first-order chi connectivity index (χ1) is 11.1. The summed E-state index contributed by atoms with van der Waals surface area (Å²) in [5.41, 5.74) is 14.3. The molecular formula is C17H20N4O2. The van der Waals surface area contributed by atoms with Crippen LogP contribution in [0.5, 0.6) is 0 Å². The third-order valence-electron chi connectivity index (χ3n) is 3.98. The molecule has 1 saturated heterocycles. The number of hydrogen-bond acceptors (Lipinski definition) is 5. The normalized spacial score (nSPS) is 15.5. The topological polar surface area (TPSA) is 94.5 Å². The van der Waals surface area contributed by atoms with E-state index < -0.39 is 5.91 Å². The smallest absolute Gasteiger partial charge is 0.252 e. The van der Waals surface area contributed by atoms with Crippen LogP contribution in [0.2, 0.25) is 0 Å². The molecule has 2 heterocycles. The van der Waals surface area contributed by atoms with Gasteiger partial charge in [0.2, 0.25) is 0 Å². The average Bonchev–Trinajstić information content (AvgIpc) is 2.57. The summed E-state index contributed by atoms with van der Waals surface area (Å²) in [6.07, 6.45) is 1.65. The van der Waals surface area contributed by atoms with Gasteiger partial charge < -0.3 is 16.2 Å². The van der Waals surface area contributed by atoms with Gasteiger partial charge in [0.1, 0.15) is 5.82 Å². The van der Waals surface area contributed by atoms with E-state index >= 15 is 0 Å². The first kappa shape index (κ1) is 15.5. The maximum atomic E-state index is 11.4. The highest BCUT2D eigenvalue weighted by Gasteiger charge is 2.12. The average molecular weight is 312 g/mol. The van der Waals surface area contributed by atoms with Crippen molar-refractivity contribution in [1.82, 2.24) is 9.88 Å². The number of rotatable bonds is 4. The van der Waals surface area contributed by atoms with Crippen LogP contribution >= 0.6 is 0 Å². The molecule has 1 aliphatic rings. The zero-order valence-corrected chi connectivity index (χ0v) is 12.9. The van der Waals surface area contributed by atoms with Gasteiger partial charge in [-0.3, -0.25) is 9.69 Å². The summed E-state index contributed by atoms with van der Waals surface area (Å²) in [6.45, 7) is 4.43. The number of carbonyl (C=O) groups is 1. The third-order valence-corrected chi connectivity index (χ3v) is 3.98. The Morgan fingerprint density at radius 1 is 1.17 bits per heavy atom. The molecule has 1 fully saturated rings. The quantitative estimate of drug-likeness (QED) is 0.886. The predicted molar refractivity (Wildman–Crippen MR) is 88.7 cm³/mol. The minimum absolute atomic E-state index is 0.158. The van der Waals surface area contributed by atoms with Gasteiger partial charge in [0.05, 0.1) is 18.8 Å². The first-order valence-corrected chi connectivity index (χ1v) is 7.58. The van der Waals surface area contributed by atoms with Crippen LogP contribution in [0.3, 0.4) is 0 Å². The Hall–Kier alpha value is -2.44. The number of nitrogens with two attached hydrogens (primary N) is 2. The molecule has 2 aromatic rings. The van der Waals surface area contributed by atoms with Gasteiger partial charge in [-0.1, -0.05) is 24.3 Å². The summed E-state index contributed by atoms with van der Waals surface area (Å²) in [4.78, 5) is 17.8. The second kappa shape index (κ2) is 6.76. The van der Waals surface area contributed by atoms with Crippen molar-refractivity contribution in [3.63, 3.8) is 0 Å². The Kier molecular flexibility index (Phi) is 4.55. The van der Waals surface area contributed by atoms with Crippen molar-refractivity contribution < 1.29 is 9.53 Å². The lowest BCUT2D eigenvalue weighted by Gasteiger charge is -2.26. The van der Waals surface area contributed by atoms with Crippen molar-refractivity contribution in [2.75, 3.05) is 32.0 Å². The Morgan fingerprint density at radius 3 is 2.52 bits per heavy atom. The van der Waals surface area contributed by atoms with E-state index in [4.69, 9.17) is 16.2 Å². The predicted octanol–water partition coefficient (Wildman–Crippen LogP) is 1.26. The van der Waals surface area contributed by atoms with Crippen molar-refractivity contribution >= 4 is 11.7 Å². The van der Waals surface area contributed by atoms with Crippen LogP contribution in [0.25, 0.3) is 11.1 Å². The van der Waals surface area contributed by atoms with Crippen molar-refractivity contribution in [1.29, 1.82) is 0 Å². The summed E-state index contributed by atoms with van der Waals surface area (Å²) in [7, 11) is 0. The van der Waals surface area contributed by atoms with Crippen LogP contribution in [-0.2, 0) is 11.3 Å². The Morgan fingerprint density at radius 2 is 1.87 bits per heavy atom. The van der Waals surface area contributed by atoms with Crippen LogP contribution in [0, 0.1) is 0 Å². The summed E-state index contributed by atoms with van der Waals surface area (Å²) in [6, 6.07) is 9.90. The van der Waals surface area contributed by atoms with Gasteiger partial charge in [0.25, 0.3) is 5.91 Å². The zero-order valence-electron chi connectivity index (χ0n) is 12.9. The van der Waals surface area contributed by atoms with E-state index in [0.29, 0.717) is 0 Å². The number of primary amides is 1. The van der Waals surface area contributed by atoms with Gasteiger partial charge >= 0.3 is 0 Å². The molecule has 6 heteroatoms. The highest BCUT2D eigenvalue weighted by atomic mass is 16.5. The van der Waals surface area contributed by atoms with E-state index in [-0.39, 0.29) is 11.4 Å². The van der Waals surface area contributed by atoms with E-state index in [9.17, 15) is 4.79 Å². The molecule has 1 amide bonds. The van der Waals surface area contributed by atoms with E-state index in [1.807, 2.05) is 12.1 Å². The van der Waals surface area contributed by atoms with Gasteiger partial charge in [0, 0.05) is 31.4 Å². The van der Waals surface area contributed by atoms with Crippen LogP contribution < -0.4 is 11.5 Å². The lowest BCUT2D eigenvalue weighted by molar-refractivity contribution is 0.0342. The second-order valence-electron chi connectivity index (χ2n) is 5.61. The molecule has 6 nitrogen and oxygen atoms in total. The van der Waals surface area contributed by atoms with Crippen molar-refractivity contribution in [2.24, 2.45) is 5.73 Å². The summed E-state index contributed by atoms with van der Waals surface area (Å²) in [5, 5.41) is 0. The molecule has 23 heavy (non-hydrogen) atoms. The number of nitrogen functional groups attached to an aromatic ring is 1. The summed E-state index contributed by atoms with van der Waals surface area (Å²) >= 11 is 0. The minimum Gasteiger partial charge on any atom is -0.383 e. The van der Waals surface area contributed by atoms with Gasteiger partial charge in [-0.15, -0.1) is 0 Å². The number of morpholine rings is 1. The SMILES string of the molecule is NC(=O)c1cc(-c2ccc(CN3CCOCC3)cc2)cnc1N. The number of ether oxygens (including phenoxy) is 1. The number of pyridine rings is 1. The molecule has 0 spiro atoms. The Balaban J connectivity index is 1.76. The molecule has 1 aliphatic heterocycles. The van der Waals surface area contributed by atoms with Gasteiger partial charge in [-0.25, -0.2) is 4.98 Å². The van der Waals surface area contributed by atoms with Gasteiger partial charge in [-0.2, -0.15) is 0 Å². The van der Waals surface area contributed by atoms with E-state index in [0.717, 1.165) is 44.0 Å². The lowest BCUT2D eigenvalue weighted by atomic mass is 10.0. The lowest BCUT2D eigenvalue weighted by Crippen LogP contribution is -2.35. The number of carbonyl (C=O) groups excluding carboxylic acids is 1. The molecule has 0 saturated carbocycles. The van der Waals surface area contributed by atoms with Gasteiger partial charge in [0.15, 0.2) is 0 Å². The maximum absolute atomic E-state index is 11.4. The van der Waals surface area contributed by atoms with Crippen LogP contribution in [0.4, 0.5) is 5.82 Å². The monoisotopic (exact) mass is 312 g/mol. The van der Waals surface area contributed by atoms with Crippen molar-refractivity contribution in [3.05, 3.63) is 47.7 Å². The van der Waals surface area contributed by atoms with Crippen LogP contribution in [0.15, 0.2) is 36.5 Å². The van der Waals surface area contributed by atoms with E-state index in [1.54, 1.807) is 12.3 Å². The Bertz CT molecular complexity index is 694. The second-order valence-corrected chi connectivity index (χ2v) is 5.61. The number of aromatic nitrogens is 1. The highest BCUT2D eigenvalue weighted by Crippen LogP contribution is 2.22. The molecule has 0 atom stereocenters. The number of amides is 1. The molecular weight excluding hydrogens is 292 g/mol. The zero-order chi connectivity index (χ0) is 16.2. The maximum Gasteiger partial charge on any atom is 0.252 e. The highest BCUT2D eigenvalue weighted by molar-refractivity contribution is 5.98. The molecule has 3 rings (SSSR count). The van der Waals surface area contributed by atoms with E-state index in [2.05, 4.69) is 22.0 Å². The minimum atomic E-state index is -0.569. The molecule has 0 unspecified atom stereocenters. The fourth-order valence-corrected chi connectivity index (χ4v) is 2.65. The summed E-state index contributed by atoms with van der Waals surface area (Å²) < 4.78 is 5.36. The third kappa shape index (κ3) is 3.67. The largest absolute Gasteiger partial charge is 0.383 e. The first-order valence-electron chi connectivity index (χ1n) is 7.58. The number of anilines is 1. The van der Waals surface area contributed by atoms with Crippen molar-refractivity contribution in [3.8, 4) is 11.1 Å². The van der Waals surface area contributed by atoms with Crippen molar-refractivity contribution in [2.45, 2.75) is 6.54 Å². The Labute approximate surface area is 135 Å². The standard InChI is InChI=1S/C17H20N4O2/c18-16-15(17(19)22)9-14(10-20-16)13-3-1-12(2-4-13)11-21-5-7-23-8-6-21/h1-4,9-10H,5-8,11H2,(H2,18,20)(H2,19,22). The molecule has 1 aromatic carbocycles. The van der Waals surface area contributed by atoms with E-state index in [1.165, 1.54) is 5.56 Å². The van der Waals surface area contributed by atoms with Crippen LogP contribution in [0.1, 0.15) is 15.9 Å². The van der Waals surface area contributed by atoms with Crippen LogP contribution in [-0.4, -0.2) is 42.1 Å². The molecule has 0 aliphatic carbocycles. The molecule has 4 N–H and O–H groups in total. The molecule has 1 aromatic heterocycles. The fourth-order valence-electron chi connectivity index (χ4n) is 2.65. The number of hydrogen-bond donors (Lipinski definition) is 2.